The van der Waals surface area contributed by atoms with E-state index in [0.29, 0.717) is 5.41 Å². The molecule has 1 aromatic heterocycles. The molecule has 2 heterocycles. The van der Waals surface area contributed by atoms with Gasteiger partial charge < -0.3 is 10.2 Å². The van der Waals surface area contributed by atoms with E-state index in [1.807, 2.05) is 6.20 Å². The summed E-state index contributed by atoms with van der Waals surface area (Å²) in [7, 11) is 0. The van der Waals surface area contributed by atoms with Crippen LogP contribution in [0.25, 0.3) is 0 Å². The fourth-order valence-electron chi connectivity index (χ4n) is 4.11. The van der Waals surface area contributed by atoms with Gasteiger partial charge >= 0.3 is 0 Å². The first kappa shape index (κ1) is 14.8. The van der Waals surface area contributed by atoms with Gasteiger partial charge in [-0.3, -0.25) is 0 Å². The SMILES string of the molecule is CCNCc1cccnc1N1CCC2(CCCCC2)CC1. The van der Waals surface area contributed by atoms with E-state index in [2.05, 4.69) is 34.3 Å². The first-order chi connectivity index (χ1) is 10.3. The summed E-state index contributed by atoms with van der Waals surface area (Å²) in [5, 5.41) is 3.43. The molecule has 1 N–H and O–H groups in total. The van der Waals surface area contributed by atoms with Crippen LogP contribution in [0, 0.1) is 5.41 Å². The second kappa shape index (κ2) is 6.78. The second-order valence-corrected chi connectivity index (χ2v) is 6.81. The topological polar surface area (TPSA) is 28.2 Å². The Morgan fingerprint density at radius 3 is 2.62 bits per heavy atom. The Bertz CT molecular complexity index is 442. The van der Waals surface area contributed by atoms with Crippen molar-refractivity contribution < 1.29 is 0 Å². The highest BCUT2D eigenvalue weighted by molar-refractivity contribution is 5.47. The van der Waals surface area contributed by atoms with E-state index < -0.39 is 0 Å². The summed E-state index contributed by atoms with van der Waals surface area (Å²) < 4.78 is 0. The van der Waals surface area contributed by atoms with E-state index >= 15 is 0 Å². The molecule has 0 atom stereocenters. The van der Waals surface area contributed by atoms with Crippen LogP contribution in [-0.4, -0.2) is 24.6 Å². The van der Waals surface area contributed by atoms with Crippen LogP contribution in [0.1, 0.15) is 57.4 Å². The fraction of sp³-hybridized carbons (Fsp3) is 0.722. The highest BCUT2D eigenvalue weighted by Gasteiger charge is 2.36. The number of piperidine rings is 1. The van der Waals surface area contributed by atoms with Crippen molar-refractivity contribution in [3.8, 4) is 0 Å². The van der Waals surface area contributed by atoms with E-state index in [4.69, 9.17) is 0 Å². The summed E-state index contributed by atoms with van der Waals surface area (Å²) in [6.07, 6.45) is 12.0. The van der Waals surface area contributed by atoms with Crippen LogP contribution >= 0.6 is 0 Å². The number of hydrogen-bond acceptors (Lipinski definition) is 3. The summed E-state index contributed by atoms with van der Waals surface area (Å²) >= 11 is 0. The standard InChI is InChI=1S/C18H29N3/c1-2-19-15-16-7-6-12-20-17(16)21-13-10-18(11-14-21)8-4-3-5-9-18/h6-7,12,19H,2-5,8-11,13-15H2,1H3. The quantitative estimate of drug-likeness (QED) is 0.914. The summed E-state index contributed by atoms with van der Waals surface area (Å²) in [5.74, 6) is 1.21. The van der Waals surface area contributed by atoms with Crippen molar-refractivity contribution in [2.45, 2.75) is 58.4 Å². The normalized spacial score (nSPS) is 21.7. The third kappa shape index (κ3) is 3.39. The highest BCUT2D eigenvalue weighted by atomic mass is 15.2. The van der Waals surface area contributed by atoms with Crippen LogP contribution in [0.15, 0.2) is 18.3 Å². The van der Waals surface area contributed by atoms with Gasteiger partial charge in [0.2, 0.25) is 0 Å². The van der Waals surface area contributed by atoms with E-state index in [1.54, 1.807) is 0 Å². The number of aromatic nitrogens is 1. The maximum absolute atomic E-state index is 4.67. The number of rotatable bonds is 4. The predicted molar refractivity (Wildman–Crippen MR) is 88.6 cm³/mol. The van der Waals surface area contributed by atoms with Crippen molar-refractivity contribution in [2.75, 3.05) is 24.5 Å². The molecule has 0 amide bonds. The minimum atomic E-state index is 0.672. The first-order valence-corrected chi connectivity index (χ1v) is 8.73. The van der Waals surface area contributed by atoms with Gasteiger partial charge in [0, 0.05) is 31.4 Å². The molecule has 1 aromatic rings. The lowest BCUT2D eigenvalue weighted by atomic mass is 9.68. The van der Waals surface area contributed by atoms with Gasteiger partial charge in [0.25, 0.3) is 0 Å². The van der Waals surface area contributed by atoms with Crippen LogP contribution in [0.3, 0.4) is 0 Å². The Morgan fingerprint density at radius 1 is 1.14 bits per heavy atom. The fourth-order valence-corrected chi connectivity index (χ4v) is 4.11. The zero-order valence-electron chi connectivity index (χ0n) is 13.4. The first-order valence-electron chi connectivity index (χ1n) is 8.73. The van der Waals surface area contributed by atoms with Gasteiger partial charge in [0.1, 0.15) is 5.82 Å². The summed E-state index contributed by atoms with van der Waals surface area (Å²) in [5.41, 5.74) is 2.02. The largest absolute Gasteiger partial charge is 0.356 e. The van der Waals surface area contributed by atoms with Gasteiger partial charge in [-0.2, -0.15) is 0 Å². The monoisotopic (exact) mass is 287 g/mol. The molecule has 0 bridgehead atoms. The molecule has 3 heteroatoms. The van der Waals surface area contributed by atoms with Gasteiger partial charge in [-0.1, -0.05) is 32.3 Å². The molecule has 2 fully saturated rings. The molecule has 1 spiro atoms. The number of nitrogens with one attached hydrogen (secondary N) is 1. The lowest BCUT2D eigenvalue weighted by Crippen LogP contribution is -2.42. The second-order valence-electron chi connectivity index (χ2n) is 6.81. The van der Waals surface area contributed by atoms with Crippen molar-refractivity contribution in [3.05, 3.63) is 23.9 Å². The lowest BCUT2D eigenvalue weighted by molar-refractivity contribution is 0.144. The lowest BCUT2D eigenvalue weighted by Gasteiger charge is -2.45. The van der Waals surface area contributed by atoms with Gasteiger partial charge in [0.15, 0.2) is 0 Å². The average molecular weight is 287 g/mol. The van der Waals surface area contributed by atoms with Gasteiger partial charge in [0.05, 0.1) is 0 Å². The zero-order chi connectivity index (χ0) is 14.5. The van der Waals surface area contributed by atoms with Crippen molar-refractivity contribution in [3.63, 3.8) is 0 Å². The number of anilines is 1. The molecular weight excluding hydrogens is 258 g/mol. The summed E-state index contributed by atoms with van der Waals surface area (Å²) in [6, 6.07) is 4.28. The number of nitrogens with zero attached hydrogens (tertiary/aromatic N) is 2. The van der Waals surface area contributed by atoms with E-state index in [-0.39, 0.29) is 0 Å². The Morgan fingerprint density at radius 2 is 1.90 bits per heavy atom. The molecule has 21 heavy (non-hydrogen) atoms. The van der Waals surface area contributed by atoms with Crippen LogP contribution < -0.4 is 10.2 Å². The summed E-state index contributed by atoms with van der Waals surface area (Å²) in [6.45, 7) is 6.48. The smallest absolute Gasteiger partial charge is 0.133 e. The van der Waals surface area contributed by atoms with Crippen LogP contribution in [-0.2, 0) is 6.54 Å². The van der Waals surface area contributed by atoms with Crippen molar-refractivity contribution in [1.29, 1.82) is 0 Å². The van der Waals surface area contributed by atoms with E-state index in [0.717, 1.165) is 13.1 Å². The highest BCUT2D eigenvalue weighted by Crippen LogP contribution is 2.45. The molecule has 3 rings (SSSR count). The molecule has 2 aliphatic rings. The number of pyridine rings is 1. The molecule has 1 saturated carbocycles. The minimum Gasteiger partial charge on any atom is -0.356 e. The summed E-state index contributed by atoms with van der Waals surface area (Å²) in [4.78, 5) is 7.20. The average Bonchev–Trinajstić information content (AvgIpc) is 2.55. The molecule has 1 saturated heterocycles. The Kier molecular flexibility index (Phi) is 4.79. The van der Waals surface area contributed by atoms with Crippen molar-refractivity contribution in [2.24, 2.45) is 5.41 Å². The molecule has 3 nitrogen and oxygen atoms in total. The molecule has 0 unspecified atom stereocenters. The van der Waals surface area contributed by atoms with Crippen LogP contribution in [0.2, 0.25) is 0 Å². The molecular formula is C18H29N3. The third-order valence-corrected chi connectivity index (χ3v) is 5.47. The van der Waals surface area contributed by atoms with Crippen molar-refractivity contribution >= 4 is 5.82 Å². The molecule has 0 aromatic carbocycles. The Hall–Kier alpha value is -1.09. The van der Waals surface area contributed by atoms with Gasteiger partial charge in [-0.05, 0) is 43.7 Å². The Labute approximate surface area is 129 Å². The molecule has 0 radical (unpaired) electrons. The Balaban J connectivity index is 1.66. The van der Waals surface area contributed by atoms with Crippen molar-refractivity contribution in [1.82, 2.24) is 10.3 Å². The third-order valence-electron chi connectivity index (χ3n) is 5.47. The predicted octanol–water partition coefficient (Wildman–Crippen LogP) is 3.74. The maximum atomic E-state index is 4.67. The van der Waals surface area contributed by atoms with Gasteiger partial charge in [-0.25, -0.2) is 4.98 Å². The van der Waals surface area contributed by atoms with Crippen LogP contribution in [0.5, 0.6) is 0 Å². The maximum Gasteiger partial charge on any atom is 0.133 e. The van der Waals surface area contributed by atoms with Crippen LogP contribution in [0.4, 0.5) is 5.82 Å². The van der Waals surface area contributed by atoms with E-state index in [1.165, 1.54) is 69.4 Å². The zero-order valence-corrected chi connectivity index (χ0v) is 13.4. The minimum absolute atomic E-state index is 0.672. The van der Waals surface area contributed by atoms with E-state index in [9.17, 15) is 0 Å². The van der Waals surface area contributed by atoms with Gasteiger partial charge in [-0.15, -0.1) is 0 Å². The molecule has 116 valence electrons. The molecule has 1 aliphatic heterocycles. The molecule has 1 aliphatic carbocycles. The number of hydrogen-bond donors (Lipinski definition) is 1.